The SMILES string of the molecule is CC1CCN(C(=O)OCc2ccc(OC3O[C@H](C(=O)O)[C@@H](O)[C@H](O)[C@H]3O)cc2)CC1. The number of ether oxygens (including phenoxy) is 3. The molecular formula is C20H27NO9. The fourth-order valence-corrected chi connectivity index (χ4v) is 3.38. The Labute approximate surface area is 173 Å². The van der Waals surface area contributed by atoms with Crippen LogP contribution in [0.25, 0.3) is 0 Å². The Bertz CT molecular complexity index is 732. The summed E-state index contributed by atoms with van der Waals surface area (Å²) >= 11 is 0. The highest BCUT2D eigenvalue weighted by Crippen LogP contribution is 2.25. The van der Waals surface area contributed by atoms with Crippen LogP contribution in [-0.2, 0) is 20.9 Å². The number of carbonyl (C=O) groups is 2. The predicted molar refractivity (Wildman–Crippen MR) is 102 cm³/mol. The number of likely N-dealkylation sites (tertiary alicyclic amines) is 1. The second-order valence-corrected chi connectivity index (χ2v) is 7.72. The summed E-state index contributed by atoms with van der Waals surface area (Å²) in [6.45, 7) is 3.62. The summed E-state index contributed by atoms with van der Waals surface area (Å²) in [5.74, 6) is -0.627. The minimum Gasteiger partial charge on any atom is -0.479 e. The van der Waals surface area contributed by atoms with Gasteiger partial charge in [-0.05, 0) is 36.5 Å². The summed E-state index contributed by atoms with van der Waals surface area (Å²) < 4.78 is 15.8. The van der Waals surface area contributed by atoms with E-state index in [1.165, 1.54) is 12.1 Å². The van der Waals surface area contributed by atoms with E-state index in [-0.39, 0.29) is 18.4 Å². The van der Waals surface area contributed by atoms with Crippen LogP contribution in [0.2, 0.25) is 0 Å². The zero-order valence-corrected chi connectivity index (χ0v) is 16.6. The van der Waals surface area contributed by atoms with E-state index in [1.54, 1.807) is 17.0 Å². The lowest BCUT2D eigenvalue weighted by Crippen LogP contribution is -2.61. The molecule has 0 aliphatic carbocycles. The number of rotatable bonds is 5. The summed E-state index contributed by atoms with van der Waals surface area (Å²) in [7, 11) is 0. The molecule has 1 amide bonds. The lowest BCUT2D eigenvalue weighted by molar-refractivity contribution is -0.271. The van der Waals surface area contributed by atoms with E-state index >= 15 is 0 Å². The quantitative estimate of drug-likeness (QED) is 0.524. The van der Waals surface area contributed by atoms with Crippen molar-refractivity contribution in [2.75, 3.05) is 13.1 Å². The lowest BCUT2D eigenvalue weighted by Gasteiger charge is -2.38. The van der Waals surface area contributed by atoms with Crippen LogP contribution < -0.4 is 4.74 Å². The summed E-state index contributed by atoms with van der Waals surface area (Å²) in [6.07, 6.45) is -6.79. The Morgan fingerprint density at radius 3 is 2.30 bits per heavy atom. The molecule has 2 heterocycles. The molecule has 4 N–H and O–H groups in total. The van der Waals surface area contributed by atoms with Crippen molar-refractivity contribution in [2.45, 2.75) is 57.1 Å². The summed E-state index contributed by atoms with van der Waals surface area (Å²) in [4.78, 5) is 25.0. The fraction of sp³-hybridized carbons (Fsp3) is 0.600. The van der Waals surface area contributed by atoms with Gasteiger partial charge in [-0.2, -0.15) is 0 Å². The first-order valence-corrected chi connectivity index (χ1v) is 9.86. The molecule has 0 bridgehead atoms. The molecule has 0 aromatic heterocycles. The molecule has 1 aromatic carbocycles. The maximum absolute atomic E-state index is 12.1. The largest absolute Gasteiger partial charge is 0.479 e. The molecule has 5 atom stereocenters. The molecule has 2 aliphatic heterocycles. The van der Waals surface area contributed by atoms with Gasteiger partial charge in [-0.15, -0.1) is 0 Å². The summed E-state index contributed by atoms with van der Waals surface area (Å²) in [5.41, 5.74) is 0.713. The van der Waals surface area contributed by atoms with Gasteiger partial charge in [-0.3, -0.25) is 0 Å². The Morgan fingerprint density at radius 1 is 1.07 bits per heavy atom. The summed E-state index contributed by atoms with van der Waals surface area (Å²) in [6, 6.07) is 6.37. The van der Waals surface area contributed by atoms with Crippen LogP contribution in [0.1, 0.15) is 25.3 Å². The van der Waals surface area contributed by atoms with Crippen LogP contribution in [-0.4, -0.2) is 81.2 Å². The van der Waals surface area contributed by atoms with E-state index in [1.807, 2.05) is 0 Å². The van der Waals surface area contributed by atoms with Gasteiger partial charge in [0.05, 0.1) is 0 Å². The molecule has 2 aliphatic rings. The number of aliphatic hydroxyl groups is 3. The van der Waals surface area contributed by atoms with Crippen LogP contribution in [0.3, 0.4) is 0 Å². The van der Waals surface area contributed by atoms with Crippen molar-refractivity contribution in [3.05, 3.63) is 29.8 Å². The molecule has 2 fully saturated rings. The molecule has 1 unspecified atom stereocenters. The van der Waals surface area contributed by atoms with Gasteiger partial charge in [-0.25, -0.2) is 9.59 Å². The number of benzene rings is 1. The first kappa shape index (κ1) is 22.3. The Hall–Kier alpha value is -2.40. The van der Waals surface area contributed by atoms with Crippen LogP contribution >= 0.6 is 0 Å². The number of aliphatic carboxylic acids is 1. The molecule has 3 rings (SSSR count). The number of hydrogen-bond donors (Lipinski definition) is 4. The number of carbonyl (C=O) groups excluding carboxylic acids is 1. The average molecular weight is 425 g/mol. The maximum Gasteiger partial charge on any atom is 0.410 e. The first-order chi connectivity index (χ1) is 14.3. The van der Waals surface area contributed by atoms with Gasteiger partial charge in [-0.1, -0.05) is 19.1 Å². The molecule has 10 heteroatoms. The van der Waals surface area contributed by atoms with Crippen molar-refractivity contribution in [1.82, 2.24) is 4.90 Å². The van der Waals surface area contributed by atoms with Crippen LogP contribution in [0.15, 0.2) is 24.3 Å². The van der Waals surface area contributed by atoms with E-state index in [0.717, 1.165) is 12.8 Å². The van der Waals surface area contributed by atoms with Gasteiger partial charge in [0, 0.05) is 13.1 Å². The second-order valence-electron chi connectivity index (χ2n) is 7.72. The Balaban J connectivity index is 1.52. The zero-order valence-electron chi connectivity index (χ0n) is 16.6. The highest BCUT2D eigenvalue weighted by molar-refractivity contribution is 5.73. The van der Waals surface area contributed by atoms with Crippen molar-refractivity contribution in [3.8, 4) is 5.75 Å². The molecular weight excluding hydrogens is 398 g/mol. The Morgan fingerprint density at radius 2 is 1.70 bits per heavy atom. The molecule has 0 spiro atoms. The van der Waals surface area contributed by atoms with Gasteiger partial charge in [0.2, 0.25) is 6.29 Å². The zero-order chi connectivity index (χ0) is 21.8. The molecule has 2 saturated heterocycles. The first-order valence-electron chi connectivity index (χ1n) is 9.86. The van der Waals surface area contributed by atoms with Gasteiger partial charge in [0.25, 0.3) is 0 Å². The fourth-order valence-electron chi connectivity index (χ4n) is 3.38. The maximum atomic E-state index is 12.1. The topological polar surface area (TPSA) is 146 Å². The number of nitrogens with zero attached hydrogens (tertiary/aromatic N) is 1. The summed E-state index contributed by atoms with van der Waals surface area (Å²) in [5, 5.41) is 38.6. The number of aliphatic hydroxyl groups excluding tert-OH is 3. The minimum atomic E-state index is -1.78. The third-order valence-electron chi connectivity index (χ3n) is 5.39. The van der Waals surface area contributed by atoms with Crippen LogP contribution in [0.4, 0.5) is 4.79 Å². The highest BCUT2D eigenvalue weighted by atomic mass is 16.7. The van der Waals surface area contributed by atoms with Crippen LogP contribution in [0, 0.1) is 5.92 Å². The Kier molecular flexibility index (Phi) is 7.14. The normalized spacial score (nSPS) is 30.0. The molecule has 166 valence electrons. The van der Waals surface area contributed by atoms with Crippen molar-refractivity contribution in [2.24, 2.45) is 5.92 Å². The third-order valence-corrected chi connectivity index (χ3v) is 5.39. The predicted octanol–water partition coefficient (Wildman–Crippen LogP) is 0.326. The van der Waals surface area contributed by atoms with E-state index < -0.39 is 36.7 Å². The van der Waals surface area contributed by atoms with Gasteiger partial charge < -0.3 is 39.5 Å². The number of carboxylic acids is 1. The second kappa shape index (κ2) is 9.61. The third kappa shape index (κ3) is 5.20. The lowest BCUT2D eigenvalue weighted by atomic mass is 9.99. The van der Waals surface area contributed by atoms with E-state index in [4.69, 9.17) is 19.3 Å². The van der Waals surface area contributed by atoms with E-state index in [2.05, 4.69) is 6.92 Å². The number of hydrogen-bond acceptors (Lipinski definition) is 8. The van der Waals surface area contributed by atoms with Crippen molar-refractivity contribution in [3.63, 3.8) is 0 Å². The standard InChI is InChI=1S/C20H27NO9/c1-11-6-8-21(9-7-11)20(27)28-10-12-2-4-13(5-3-12)29-19-16(24)14(22)15(23)17(30-19)18(25)26/h2-5,11,14-17,19,22-24H,6-10H2,1H3,(H,25,26)/t14-,15-,16+,17-,19?/m0/s1. The average Bonchev–Trinajstić information content (AvgIpc) is 2.73. The van der Waals surface area contributed by atoms with Gasteiger partial charge in [0.1, 0.15) is 30.7 Å². The molecule has 10 nitrogen and oxygen atoms in total. The molecule has 1 aromatic rings. The van der Waals surface area contributed by atoms with Crippen molar-refractivity contribution >= 4 is 12.1 Å². The smallest absolute Gasteiger partial charge is 0.410 e. The van der Waals surface area contributed by atoms with E-state index in [0.29, 0.717) is 24.6 Å². The number of carboxylic acid groups (broad SMARTS) is 1. The molecule has 0 saturated carbocycles. The highest BCUT2D eigenvalue weighted by Gasteiger charge is 2.48. The van der Waals surface area contributed by atoms with Gasteiger partial charge in [0.15, 0.2) is 6.10 Å². The van der Waals surface area contributed by atoms with E-state index in [9.17, 15) is 24.9 Å². The molecule has 0 radical (unpaired) electrons. The monoisotopic (exact) mass is 425 g/mol. The van der Waals surface area contributed by atoms with Crippen molar-refractivity contribution in [1.29, 1.82) is 0 Å². The molecule has 30 heavy (non-hydrogen) atoms. The number of amides is 1. The van der Waals surface area contributed by atoms with Gasteiger partial charge >= 0.3 is 12.1 Å². The van der Waals surface area contributed by atoms with Crippen molar-refractivity contribution < 1.29 is 44.2 Å². The minimum absolute atomic E-state index is 0.0831. The number of piperidine rings is 1. The van der Waals surface area contributed by atoms with Crippen LogP contribution in [0.5, 0.6) is 5.75 Å².